The molecule has 0 saturated carbocycles. The summed E-state index contributed by atoms with van der Waals surface area (Å²) in [5, 5.41) is 13.6. The van der Waals surface area contributed by atoms with Crippen molar-refractivity contribution in [2.24, 2.45) is 11.3 Å². The Morgan fingerprint density at radius 2 is 2.05 bits per heavy atom. The molecule has 20 heavy (non-hydrogen) atoms. The number of amides is 1. The molecule has 0 unspecified atom stereocenters. The van der Waals surface area contributed by atoms with E-state index < -0.39 is 4.92 Å². The van der Waals surface area contributed by atoms with Gasteiger partial charge in [0.15, 0.2) is 0 Å². The fourth-order valence-electron chi connectivity index (χ4n) is 1.41. The van der Waals surface area contributed by atoms with Crippen molar-refractivity contribution in [2.75, 3.05) is 6.54 Å². The van der Waals surface area contributed by atoms with Crippen LogP contribution in [0.5, 0.6) is 0 Å². The van der Waals surface area contributed by atoms with Gasteiger partial charge in [0.25, 0.3) is 11.6 Å². The molecule has 0 fully saturated rings. The zero-order chi connectivity index (χ0) is 15.5. The van der Waals surface area contributed by atoms with E-state index >= 15 is 0 Å². The highest BCUT2D eigenvalue weighted by Gasteiger charge is 2.24. The Morgan fingerprint density at radius 3 is 2.55 bits per heavy atom. The van der Waals surface area contributed by atoms with Gasteiger partial charge in [-0.25, -0.2) is 0 Å². The third-order valence-corrected chi connectivity index (χ3v) is 4.61. The monoisotopic (exact) mass is 390 g/mol. The van der Waals surface area contributed by atoms with E-state index in [1.54, 1.807) is 6.07 Å². The Balaban J connectivity index is 2.88. The van der Waals surface area contributed by atoms with Crippen LogP contribution in [-0.4, -0.2) is 17.4 Å². The number of rotatable bonds is 5. The summed E-state index contributed by atoms with van der Waals surface area (Å²) in [4.78, 5) is 22.4. The number of hydrogen-bond acceptors (Lipinski definition) is 3. The lowest BCUT2D eigenvalue weighted by Crippen LogP contribution is -2.37. The van der Waals surface area contributed by atoms with Crippen molar-refractivity contribution in [3.05, 3.63) is 37.4 Å². The number of nitro groups is 1. The summed E-state index contributed by atoms with van der Waals surface area (Å²) in [7, 11) is 0. The first-order valence-electron chi connectivity index (χ1n) is 6.37. The second-order valence-electron chi connectivity index (χ2n) is 5.75. The summed E-state index contributed by atoms with van der Waals surface area (Å²) in [6.07, 6.45) is 0. The third-order valence-electron chi connectivity index (χ3n) is 3.67. The minimum atomic E-state index is -0.495. The summed E-state index contributed by atoms with van der Waals surface area (Å²) < 4.78 is 0.702. The summed E-state index contributed by atoms with van der Waals surface area (Å²) in [5.74, 6) is 0.152. The number of carbonyl (C=O) groups excluding carboxylic acids is 1. The van der Waals surface area contributed by atoms with Gasteiger partial charge in [0.05, 0.1) is 10.5 Å². The van der Waals surface area contributed by atoms with Gasteiger partial charge in [-0.2, -0.15) is 0 Å². The van der Waals surface area contributed by atoms with Crippen LogP contribution < -0.4 is 5.32 Å². The van der Waals surface area contributed by atoms with Gasteiger partial charge in [-0.15, -0.1) is 0 Å². The highest BCUT2D eigenvalue weighted by molar-refractivity contribution is 14.1. The van der Waals surface area contributed by atoms with Crippen LogP contribution in [0.3, 0.4) is 0 Å². The molecule has 0 heterocycles. The Hall–Kier alpha value is -1.18. The van der Waals surface area contributed by atoms with E-state index in [-0.39, 0.29) is 17.0 Å². The van der Waals surface area contributed by atoms with Crippen LogP contribution in [0, 0.1) is 25.0 Å². The topological polar surface area (TPSA) is 72.2 Å². The fraction of sp³-hybridized carbons (Fsp3) is 0.500. The smallest absolute Gasteiger partial charge is 0.270 e. The molecule has 0 aliphatic heterocycles. The molecule has 0 spiro atoms. The molecule has 0 aliphatic carbocycles. The predicted molar refractivity (Wildman–Crippen MR) is 86.8 cm³/mol. The molecule has 1 aromatic carbocycles. The van der Waals surface area contributed by atoms with Gasteiger partial charge in [0.2, 0.25) is 0 Å². The Morgan fingerprint density at radius 1 is 1.45 bits per heavy atom. The SMILES string of the molecule is CC(C)C(C)(C)CNC(=O)c1cc([N+](=O)[O-])ccc1I. The van der Waals surface area contributed by atoms with E-state index in [1.807, 2.05) is 22.6 Å². The first-order valence-corrected chi connectivity index (χ1v) is 7.45. The van der Waals surface area contributed by atoms with Crippen molar-refractivity contribution in [1.29, 1.82) is 0 Å². The molecule has 110 valence electrons. The maximum absolute atomic E-state index is 12.2. The molecule has 0 atom stereocenters. The summed E-state index contributed by atoms with van der Waals surface area (Å²) in [6.45, 7) is 8.89. The van der Waals surface area contributed by atoms with Crippen LogP contribution in [0.4, 0.5) is 5.69 Å². The van der Waals surface area contributed by atoms with E-state index in [1.165, 1.54) is 12.1 Å². The summed E-state index contributed by atoms with van der Waals surface area (Å²) in [6, 6.07) is 4.30. The summed E-state index contributed by atoms with van der Waals surface area (Å²) >= 11 is 2.01. The highest BCUT2D eigenvalue weighted by Crippen LogP contribution is 2.25. The van der Waals surface area contributed by atoms with Crippen molar-refractivity contribution in [3.63, 3.8) is 0 Å². The zero-order valence-electron chi connectivity index (χ0n) is 12.1. The van der Waals surface area contributed by atoms with Crippen molar-refractivity contribution >= 4 is 34.2 Å². The van der Waals surface area contributed by atoms with Crippen LogP contribution >= 0.6 is 22.6 Å². The number of nitro benzene ring substituents is 1. The zero-order valence-corrected chi connectivity index (χ0v) is 14.2. The van der Waals surface area contributed by atoms with E-state index in [9.17, 15) is 14.9 Å². The maximum Gasteiger partial charge on any atom is 0.270 e. The lowest BCUT2D eigenvalue weighted by Gasteiger charge is -2.29. The molecule has 6 heteroatoms. The van der Waals surface area contributed by atoms with Gasteiger partial charge in [-0.1, -0.05) is 27.7 Å². The third kappa shape index (κ3) is 4.16. The van der Waals surface area contributed by atoms with Crippen LogP contribution in [-0.2, 0) is 0 Å². The molecular weight excluding hydrogens is 371 g/mol. The molecule has 5 nitrogen and oxygen atoms in total. The molecule has 0 bridgehead atoms. The predicted octanol–water partition coefficient (Wildman–Crippen LogP) is 3.61. The lowest BCUT2D eigenvalue weighted by atomic mass is 9.81. The van der Waals surface area contributed by atoms with Gasteiger partial charge in [0, 0.05) is 22.2 Å². The molecule has 1 aromatic rings. The molecule has 1 rings (SSSR count). The van der Waals surface area contributed by atoms with Crippen LogP contribution in [0.1, 0.15) is 38.1 Å². The molecule has 0 aromatic heterocycles. The van der Waals surface area contributed by atoms with E-state index in [0.717, 1.165) is 0 Å². The molecule has 0 saturated heterocycles. The van der Waals surface area contributed by atoms with Gasteiger partial charge < -0.3 is 5.32 Å². The first-order chi connectivity index (χ1) is 9.15. The van der Waals surface area contributed by atoms with Crippen LogP contribution in [0.15, 0.2) is 18.2 Å². The number of nitrogens with zero attached hydrogens (tertiary/aromatic N) is 1. The number of nitrogens with one attached hydrogen (secondary N) is 1. The van der Waals surface area contributed by atoms with Gasteiger partial charge in [0.1, 0.15) is 0 Å². The minimum Gasteiger partial charge on any atom is -0.351 e. The number of non-ortho nitro benzene ring substituents is 1. The van der Waals surface area contributed by atoms with E-state index in [4.69, 9.17) is 0 Å². The van der Waals surface area contributed by atoms with E-state index in [0.29, 0.717) is 21.6 Å². The number of halogens is 1. The second-order valence-corrected chi connectivity index (χ2v) is 6.91. The van der Waals surface area contributed by atoms with Crippen molar-refractivity contribution in [2.45, 2.75) is 27.7 Å². The van der Waals surface area contributed by atoms with Crippen molar-refractivity contribution in [3.8, 4) is 0 Å². The molecule has 1 N–H and O–H groups in total. The van der Waals surface area contributed by atoms with Gasteiger partial charge in [-0.3, -0.25) is 14.9 Å². The fourth-order valence-corrected chi connectivity index (χ4v) is 1.99. The number of carbonyl (C=O) groups is 1. The quantitative estimate of drug-likeness (QED) is 0.474. The normalized spacial score (nSPS) is 11.5. The van der Waals surface area contributed by atoms with Gasteiger partial charge in [-0.05, 0) is 40.0 Å². The summed E-state index contributed by atoms with van der Waals surface area (Å²) in [5.41, 5.74) is 0.250. The average Bonchev–Trinajstić information content (AvgIpc) is 2.36. The van der Waals surface area contributed by atoms with Crippen LogP contribution in [0.2, 0.25) is 0 Å². The highest BCUT2D eigenvalue weighted by atomic mass is 127. The van der Waals surface area contributed by atoms with Crippen molar-refractivity contribution in [1.82, 2.24) is 5.32 Å². The average molecular weight is 390 g/mol. The largest absolute Gasteiger partial charge is 0.351 e. The Bertz CT molecular complexity index is 527. The Kier molecular flexibility index (Phi) is 5.50. The molecular formula is C14H19IN2O3. The maximum atomic E-state index is 12.2. The number of hydrogen-bond donors (Lipinski definition) is 1. The second kappa shape index (κ2) is 6.51. The van der Waals surface area contributed by atoms with E-state index in [2.05, 4.69) is 33.0 Å². The standard InChI is InChI=1S/C14H19IN2O3/c1-9(2)14(3,4)8-16-13(18)11-7-10(17(19)20)5-6-12(11)15/h5-7,9H,8H2,1-4H3,(H,16,18). The van der Waals surface area contributed by atoms with Crippen molar-refractivity contribution < 1.29 is 9.72 Å². The lowest BCUT2D eigenvalue weighted by molar-refractivity contribution is -0.384. The molecule has 0 aliphatic rings. The molecule has 1 amide bonds. The first kappa shape index (κ1) is 16.9. The van der Waals surface area contributed by atoms with Crippen LogP contribution in [0.25, 0.3) is 0 Å². The Labute approximate surface area is 132 Å². The van der Waals surface area contributed by atoms with Gasteiger partial charge >= 0.3 is 0 Å². The number of benzene rings is 1. The minimum absolute atomic E-state index is 0.0260. The molecule has 0 radical (unpaired) electrons.